The Morgan fingerprint density at radius 1 is 1.25 bits per heavy atom. The number of nitrogens with one attached hydrogen (secondary N) is 1. The monoisotopic (exact) mass is 356 g/mol. The van der Waals surface area contributed by atoms with E-state index in [9.17, 15) is 9.90 Å². The lowest BCUT2D eigenvalue weighted by Crippen LogP contribution is -2.17. The average Bonchev–Trinajstić information content (AvgIpc) is 2.90. The van der Waals surface area contributed by atoms with Crippen LogP contribution in [0.25, 0.3) is 5.69 Å². The highest BCUT2D eigenvalue weighted by atomic mass is 32.1. The SMILES string of the molecule is O=C(N/N=C\c1sc(=S)n(-c2ccccc2)c1O)c1ccncc1. The van der Waals surface area contributed by atoms with Gasteiger partial charge in [-0.1, -0.05) is 29.5 Å². The summed E-state index contributed by atoms with van der Waals surface area (Å²) in [6.45, 7) is 0. The van der Waals surface area contributed by atoms with E-state index in [1.807, 2.05) is 30.3 Å². The van der Waals surface area contributed by atoms with E-state index < -0.39 is 0 Å². The maximum absolute atomic E-state index is 11.9. The van der Waals surface area contributed by atoms with Gasteiger partial charge in [-0.25, -0.2) is 5.43 Å². The number of pyridine rings is 1. The molecule has 8 heteroatoms. The van der Waals surface area contributed by atoms with Gasteiger partial charge in [0.1, 0.15) is 4.88 Å². The van der Waals surface area contributed by atoms with Gasteiger partial charge < -0.3 is 5.11 Å². The number of carbonyl (C=O) groups is 1. The van der Waals surface area contributed by atoms with Crippen LogP contribution < -0.4 is 5.43 Å². The molecule has 3 aromatic rings. The van der Waals surface area contributed by atoms with Crippen LogP contribution >= 0.6 is 23.6 Å². The average molecular weight is 356 g/mol. The third kappa shape index (κ3) is 3.39. The largest absolute Gasteiger partial charge is 0.493 e. The van der Waals surface area contributed by atoms with Gasteiger partial charge >= 0.3 is 0 Å². The third-order valence-electron chi connectivity index (χ3n) is 3.12. The zero-order valence-electron chi connectivity index (χ0n) is 12.3. The van der Waals surface area contributed by atoms with Gasteiger partial charge in [0.25, 0.3) is 5.91 Å². The molecule has 0 saturated heterocycles. The van der Waals surface area contributed by atoms with Crippen LogP contribution in [0.5, 0.6) is 5.88 Å². The van der Waals surface area contributed by atoms with E-state index in [0.717, 1.165) is 5.69 Å². The Kier molecular flexibility index (Phi) is 4.78. The van der Waals surface area contributed by atoms with E-state index in [4.69, 9.17) is 12.2 Å². The highest BCUT2D eigenvalue weighted by molar-refractivity contribution is 7.73. The van der Waals surface area contributed by atoms with Crippen molar-refractivity contribution in [1.82, 2.24) is 15.0 Å². The number of hydrazone groups is 1. The summed E-state index contributed by atoms with van der Waals surface area (Å²) in [6, 6.07) is 12.4. The predicted molar refractivity (Wildman–Crippen MR) is 95.4 cm³/mol. The fraction of sp³-hybridized carbons (Fsp3) is 0. The molecule has 0 saturated carbocycles. The molecule has 6 nitrogen and oxygen atoms in total. The van der Waals surface area contributed by atoms with Gasteiger partial charge in [-0.05, 0) is 36.5 Å². The molecular formula is C16H12N4O2S2. The molecular weight excluding hydrogens is 344 g/mol. The first-order valence-corrected chi connectivity index (χ1v) is 8.13. The molecule has 0 fully saturated rings. The van der Waals surface area contributed by atoms with Crippen molar-refractivity contribution in [1.29, 1.82) is 0 Å². The summed E-state index contributed by atoms with van der Waals surface area (Å²) in [5.74, 6) is -0.377. The summed E-state index contributed by atoms with van der Waals surface area (Å²) >= 11 is 6.49. The van der Waals surface area contributed by atoms with Crippen molar-refractivity contribution in [2.24, 2.45) is 5.10 Å². The van der Waals surface area contributed by atoms with Crippen LogP contribution in [0.2, 0.25) is 0 Å². The van der Waals surface area contributed by atoms with Crippen molar-refractivity contribution in [2.75, 3.05) is 0 Å². The van der Waals surface area contributed by atoms with Gasteiger partial charge in [0.15, 0.2) is 3.95 Å². The van der Waals surface area contributed by atoms with Crippen LogP contribution in [0, 0.1) is 3.95 Å². The summed E-state index contributed by atoms with van der Waals surface area (Å²) in [4.78, 5) is 16.2. The Balaban J connectivity index is 1.79. The van der Waals surface area contributed by atoms with Crippen molar-refractivity contribution in [3.63, 3.8) is 0 Å². The first kappa shape index (κ1) is 16.0. The van der Waals surface area contributed by atoms with Crippen molar-refractivity contribution in [2.45, 2.75) is 0 Å². The number of carbonyl (C=O) groups excluding carboxylic acids is 1. The molecule has 2 aromatic heterocycles. The van der Waals surface area contributed by atoms with Gasteiger partial charge in [-0.2, -0.15) is 5.10 Å². The molecule has 0 atom stereocenters. The number of nitrogens with zero attached hydrogens (tertiary/aromatic N) is 3. The molecule has 0 spiro atoms. The Hall–Kier alpha value is -2.84. The summed E-state index contributed by atoms with van der Waals surface area (Å²) in [5.41, 5.74) is 3.60. The number of hydrogen-bond donors (Lipinski definition) is 2. The topological polar surface area (TPSA) is 79.5 Å². The Morgan fingerprint density at radius 3 is 2.67 bits per heavy atom. The second-order valence-electron chi connectivity index (χ2n) is 4.66. The van der Waals surface area contributed by atoms with Crippen LogP contribution in [0.15, 0.2) is 60.0 Å². The maximum atomic E-state index is 11.9. The molecule has 0 aliphatic heterocycles. The highest BCUT2D eigenvalue weighted by Crippen LogP contribution is 2.27. The Bertz CT molecular complexity index is 934. The molecule has 0 radical (unpaired) electrons. The van der Waals surface area contributed by atoms with Crippen LogP contribution in [-0.4, -0.2) is 26.8 Å². The van der Waals surface area contributed by atoms with Crippen LogP contribution in [0.1, 0.15) is 15.2 Å². The van der Waals surface area contributed by atoms with Gasteiger partial charge in [0, 0.05) is 18.0 Å². The first-order chi connectivity index (χ1) is 11.7. The number of aromatic hydroxyl groups is 1. The molecule has 2 N–H and O–H groups in total. The number of benzene rings is 1. The van der Waals surface area contributed by atoms with Crippen LogP contribution in [-0.2, 0) is 0 Å². The first-order valence-electron chi connectivity index (χ1n) is 6.90. The van der Waals surface area contributed by atoms with Crippen molar-refractivity contribution in [3.05, 3.63) is 69.3 Å². The fourth-order valence-corrected chi connectivity index (χ4v) is 3.21. The standard InChI is InChI=1S/C16H12N4O2S2/c21-14(11-6-8-17-9-7-11)19-18-10-13-15(22)20(16(23)24-13)12-4-2-1-3-5-12/h1-10,22H,(H,19,21)/b18-10-. The van der Waals surface area contributed by atoms with E-state index in [2.05, 4.69) is 15.5 Å². The van der Waals surface area contributed by atoms with E-state index in [1.54, 1.807) is 16.7 Å². The molecule has 0 bridgehead atoms. The van der Waals surface area contributed by atoms with Gasteiger partial charge in [-0.15, -0.1) is 0 Å². The lowest BCUT2D eigenvalue weighted by molar-refractivity contribution is 0.0955. The van der Waals surface area contributed by atoms with Gasteiger partial charge in [0.2, 0.25) is 5.88 Å². The number of amides is 1. The normalized spacial score (nSPS) is 10.8. The second-order valence-corrected chi connectivity index (χ2v) is 6.34. The summed E-state index contributed by atoms with van der Waals surface area (Å²) in [7, 11) is 0. The molecule has 24 heavy (non-hydrogen) atoms. The number of aromatic nitrogens is 2. The van der Waals surface area contributed by atoms with E-state index in [0.29, 0.717) is 14.4 Å². The van der Waals surface area contributed by atoms with Gasteiger partial charge in [0.05, 0.1) is 11.9 Å². The van der Waals surface area contributed by atoms with E-state index in [1.165, 1.54) is 29.9 Å². The minimum Gasteiger partial charge on any atom is -0.493 e. The minimum atomic E-state index is -0.362. The van der Waals surface area contributed by atoms with Crippen LogP contribution in [0.4, 0.5) is 0 Å². The molecule has 0 aliphatic carbocycles. The highest BCUT2D eigenvalue weighted by Gasteiger charge is 2.11. The van der Waals surface area contributed by atoms with Gasteiger partial charge in [-0.3, -0.25) is 14.3 Å². The minimum absolute atomic E-state index is 0.0156. The lowest BCUT2D eigenvalue weighted by atomic mass is 10.3. The number of thiazole rings is 1. The maximum Gasteiger partial charge on any atom is 0.271 e. The molecule has 3 rings (SSSR count). The summed E-state index contributed by atoms with van der Waals surface area (Å²) in [5, 5.41) is 14.2. The molecule has 0 unspecified atom stereocenters. The quantitative estimate of drug-likeness (QED) is 0.428. The number of para-hydroxylation sites is 1. The number of rotatable bonds is 4. The smallest absolute Gasteiger partial charge is 0.271 e. The van der Waals surface area contributed by atoms with E-state index in [-0.39, 0.29) is 11.8 Å². The summed E-state index contributed by atoms with van der Waals surface area (Å²) in [6.07, 6.45) is 4.42. The third-order valence-corrected chi connectivity index (χ3v) is 4.41. The number of hydrogen-bond acceptors (Lipinski definition) is 6. The van der Waals surface area contributed by atoms with Crippen molar-refractivity contribution >= 4 is 35.7 Å². The Labute approximate surface area is 146 Å². The predicted octanol–water partition coefficient (Wildman–Crippen LogP) is 3.13. The fourth-order valence-electron chi connectivity index (χ4n) is 1.99. The molecule has 1 amide bonds. The zero-order valence-corrected chi connectivity index (χ0v) is 13.9. The van der Waals surface area contributed by atoms with E-state index >= 15 is 0 Å². The second kappa shape index (κ2) is 7.16. The zero-order chi connectivity index (χ0) is 16.9. The molecule has 1 aromatic carbocycles. The Morgan fingerprint density at radius 2 is 1.96 bits per heavy atom. The molecule has 0 aliphatic rings. The van der Waals surface area contributed by atoms with Crippen molar-refractivity contribution < 1.29 is 9.90 Å². The lowest BCUT2D eigenvalue weighted by Gasteiger charge is -2.03. The van der Waals surface area contributed by atoms with Crippen LogP contribution in [0.3, 0.4) is 0 Å². The molecule has 120 valence electrons. The van der Waals surface area contributed by atoms with Crippen molar-refractivity contribution in [3.8, 4) is 11.6 Å². The summed E-state index contributed by atoms with van der Waals surface area (Å²) < 4.78 is 2.03. The molecule has 2 heterocycles.